The molecule has 8 heteroatoms. The van der Waals surface area contributed by atoms with Gasteiger partial charge >= 0.3 is 0 Å². The van der Waals surface area contributed by atoms with Crippen molar-refractivity contribution in [3.63, 3.8) is 0 Å². The lowest BCUT2D eigenvalue weighted by Gasteiger charge is -2.25. The smallest absolute Gasteiger partial charge is 0.295 e. The van der Waals surface area contributed by atoms with Crippen molar-refractivity contribution in [2.75, 3.05) is 14.2 Å². The molecule has 3 aromatic rings. The summed E-state index contributed by atoms with van der Waals surface area (Å²) in [5.74, 6) is -0.892. The third-order valence-electron chi connectivity index (χ3n) is 5.52. The number of aryl methyl sites for hydroxylation is 1. The lowest BCUT2D eigenvalue weighted by Crippen LogP contribution is -2.28. The van der Waals surface area contributed by atoms with Gasteiger partial charge < -0.3 is 19.5 Å². The SMILES string of the molecule is COc1ccc(C2/C(=C(\O)c3cc(C)cc(Cl)c3OC)C(=O)C(=O)N2Cc2cccs2)cc1. The second-order valence-corrected chi connectivity index (χ2v) is 9.05. The van der Waals surface area contributed by atoms with Gasteiger partial charge in [0.25, 0.3) is 11.7 Å². The van der Waals surface area contributed by atoms with Gasteiger partial charge in [0.05, 0.1) is 43.0 Å². The van der Waals surface area contributed by atoms with Gasteiger partial charge in [-0.25, -0.2) is 0 Å². The second kappa shape index (κ2) is 9.29. The average molecular weight is 484 g/mol. The Balaban J connectivity index is 1.92. The van der Waals surface area contributed by atoms with Crippen LogP contribution in [0.15, 0.2) is 59.5 Å². The fraction of sp³-hybridized carbons (Fsp3) is 0.200. The van der Waals surface area contributed by atoms with Crippen molar-refractivity contribution >= 4 is 40.4 Å². The number of amides is 1. The van der Waals surface area contributed by atoms with Crippen LogP contribution in [0.25, 0.3) is 5.76 Å². The van der Waals surface area contributed by atoms with Gasteiger partial charge in [-0.2, -0.15) is 0 Å². The maximum Gasteiger partial charge on any atom is 0.295 e. The Morgan fingerprint density at radius 2 is 1.85 bits per heavy atom. The molecule has 1 unspecified atom stereocenters. The van der Waals surface area contributed by atoms with Crippen molar-refractivity contribution in [2.45, 2.75) is 19.5 Å². The third-order valence-corrected chi connectivity index (χ3v) is 6.67. The molecule has 4 rings (SSSR count). The molecule has 1 aliphatic heterocycles. The van der Waals surface area contributed by atoms with Crippen LogP contribution in [0.3, 0.4) is 0 Å². The Morgan fingerprint density at radius 3 is 2.45 bits per heavy atom. The van der Waals surface area contributed by atoms with E-state index in [4.69, 9.17) is 21.1 Å². The summed E-state index contributed by atoms with van der Waals surface area (Å²) < 4.78 is 10.7. The lowest BCUT2D eigenvalue weighted by molar-refractivity contribution is -0.140. The van der Waals surface area contributed by atoms with E-state index in [9.17, 15) is 14.7 Å². The monoisotopic (exact) mass is 483 g/mol. The molecule has 0 spiro atoms. The molecule has 2 heterocycles. The highest BCUT2D eigenvalue weighted by molar-refractivity contribution is 7.09. The Kier molecular flexibility index (Phi) is 6.44. The number of Topliss-reactive ketones (excluding diaryl/α,β-unsaturated/α-hetero) is 1. The zero-order valence-electron chi connectivity index (χ0n) is 18.3. The van der Waals surface area contributed by atoms with E-state index in [1.54, 1.807) is 43.5 Å². The molecular formula is C25H22ClNO5S. The molecule has 1 fully saturated rings. The van der Waals surface area contributed by atoms with E-state index in [0.717, 1.165) is 10.4 Å². The molecule has 170 valence electrons. The predicted molar refractivity (Wildman–Crippen MR) is 128 cm³/mol. The average Bonchev–Trinajstić information content (AvgIpc) is 3.40. The number of rotatable bonds is 6. The molecular weight excluding hydrogens is 462 g/mol. The maximum absolute atomic E-state index is 13.2. The Labute approximate surface area is 200 Å². The molecule has 0 bridgehead atoms. The molecule has 33 heavy (non-hydrogen) atoms. The van der Waals surface area contributed by atoms with E-state index in [-0.39, 0.29) is 29.2 Å². The van der Waals surface area contributed by atoms with Crippen molar-refractivity contribution < 1.29 is 24.2 Å². The Morgan fingerprint density at radius 1 is 1.12 bits per heavy atom. The molecule has 1 aliphatic rings. The first-order valence-corrected chi connectivity index (χ1v) is 11.4. The van der Waals surface area contributed by atoms with Gasteiger partial charge in [-0.1, -0.05) is 29.8 Å². The van der Waals surface area contributed by atoms with Crippen molar-refractivity contribution in [3.8, 4) is 11.5 Å². The van der Waals surface area contributed by atoms with Crippen LogP contribution in [0, 0.1) is 6.92 Å². The number of carbonyl (C=O) groups excluding carboxylic acids is 2. The van der Waals surface area contributed by atoms with Gasteiger partial charge in [-0.3, -0.25) is 9.59 Å². The van der Waals surface area contributed by atoms with Crippen molar-refractivity contribution in [1.82, 2.24) is 4.90 Å². The van der Waals surface area contributed by atoms with E-state index in [2.05, 4.69) is 0 Å². The van der Waals surface area contributed by atoms with E-state index in [1.165, 1.54) is 23.3 Å². The highest BCUT2D eigenvalue weighted by Crippen LogP contribution is 2.43. The molecule has 1 atom stereocenters. The molecule has 6 nitrogen and oxygen atoms in total. The summed E-state index contributed by atoms with van der Waals surface area (Å²) in [6.45, 7) is 2.06. The summed E-state index contributed by atoms with van der Waals surface area (Å²) in [6, 6.07) is 13.5. The second-order valence-electron chi connectivity index (χ2n) is 7.61. The summed E-state index contributed by atoms with van der Waals surface area (Å²) in [5.41, 5.74) is 1.69. The topological polar surface area (TPSA) is 76.1 Å². The van der Waals surface area contributed by atoms with Gasteiger partial charge in [0.1, 0.15) is 17.3 Å². The van der Waals surface area contributed by atoms with Crippen molar-refractivity contribution in [1.29, 1.82) is 0 Å². The molecule has 0 radical (unpaired) electrons. The summed E-state index contributed by atoms with van der Waals surface area (Å²) in [7, 11) is 3.00. The number of ether oxygens (including phenoxy) is 2. The number of ketones is 1. The largest absolute Gasteiger partial charge is 0.507 e. The maximum atomic E-state index is 13.2. The first-order chi connectivity index (χ1) is 15.8. The van der Waals surface area contributed by atoms with E-state index < -0.39 is 17.7 Å². The summed E-state index contributed by atoms with van der Waals surface area (Å²) in [5, 5.41) is 13.6. The number of aliphatic hydroxyl groups is 1. The zero-order chi connectivity index (χ0) is 23.7. The normalized spacial score (nSPS) is 17.5. The van der Waals surface area contributed by atoms with E-state index in [1.807, 2.05) is 24.4 Å². The quantitative estimate of drug-likeness (QED) is 0.290. The first-order valence-electron chi connectivity index (χ1n) is 10.1. The van der Waals surface area contributed by atoms with Crippen LogP contribution in [0.2, 0.25) is 5.02 Å². The number of benzene rings is 2. The van der Waals surface area contributed by atoms with Gasteiger partial charge in [0.15, 0.2) is 0 Å². The lowest BCUT2D eigenvalue weighted by atomic mass is 9.94. The number of hydrogen-bond acceptors (Lipinski definition) is 6. The highest BCUT2D eigenvalue weighted by Gasteiger charge is 2.46. The number of methoxy groups -OCH3 is 2. The van der Waals surface area contributed by atoms with Gasteiger partial charge in [0.2, 0.25) is 0 Å². The van der Waals surface area contributed by atoms with Crippen LogP contribution >= 0.6 is 22.9 Å². The minimum Gasteiger partial charge on any atom is -0.507 e. The Bertz CT molecular complexity index is 1230. The van der Waals surface area contributed by atoms with Gasteiger partial charge in [-0.05, 0) is 53.8 Å². The molecule has 0 aliphatic carbocycles. The van der Waals surface area contributed by atoms with E-state index >= 15 is 0 Å². The summed E-state index contributed by atoms with van der Waals surface area (Å²) in [4.78, 5) is 28.8. The third kappa shape index (κ3) is 4.21. The van der Waals surface area contributed by atoms with Crippen LogP contribution in [-0.4, -0.2) is 35.9 Å². The van der Waals surface area contributed by atoms with Crippen molar-refractivity contribution in [2.24, 2.45) is 0 Å². The first kappa shape index (κ1) is 22.9. The van der Waals surface area contributed by atoms with Gasteiger partial charge in [0, 0.05) is 4.88 Å². The van der Waals surface area contributed by atoms with Crippen LogP contribution in [0.5, 0.6) is 11.5 Å². The number of thiophene rings is 1. The number of nitrogens with zero attached hydrogens (tertiary/aromatic N) is 1. The standard InChI is InChI=1S/C25H22ClNO5S/c1-14-11-18(24(32-3)19(26)12-14)22(28)20-21(15-6-8-16(31-2)9-7-15)27(25(30)23(20)29)13-17-5-4-10-33-17/h4-12,21,28H,13H2,1-3H3/b22-20+. The summed E-state index contributed by atoms with van der Waals surface area (Å²) >= 11 is 7.82. The zero-order valence-corrected chi connectivity index (χ0v) is 19.9. The predicted octanol–water partition coefficient (Wildman–Crippen LogP) is 5.35. The number of halogens is 1. The van der Waals surface area contributed by atoms with Crippen LogP contribution in [-0.2, 0) is 16.1 Å². The number of hydrogen-bond donors (Lipinski definition) is 1. The van der Waals surface area contributed by atoms with Crippen LogP contribution < -0.4 is 9.47 Å². The van der Waals surface area contributed by atoms with Crippen molar-refractivity contribution in [3.05, 3.63) is 86.1 Å². The summed E-state index contributed by atoms with van der Waals surface area (Å²) in [6.07, 6.45) is 0. The molecule has 1 amide bonds. The molecule has 1 N–H and O–H groups in total. The van der Waals surface area contributed by atoms with Crippen LogP contribution in [0.4, 0.5) is 0 Å². The molecule has 1 saturated heterocycles. The van der Waals surface area contributed by atoms with Crippen LogP contribution in [0.1, 0.15) is 27.6 Å². The van der Waals surface area contributed by atoms with E-state index in [0.29, 0.717) is 16.3 Å². The van der Waals surface area contributed by atoms with Gasteiger partial charge in [-0.15, -0.1) is 11.3 Å². The molecule has 0 saturated carbocycles. The highest BCUT2D eigenvalue weighted by atomic mass is 35.5. The minimum atomic E-state index is -0.790. The fourth-order valence-electron chi connectivity index (χ4n) is 4.00. The molecule has 1 aromatic heterocycles. The Hall–Kier alpha value is -3.29. The number of carbonyl (C=O) groups is 2. The molecule has 2 aromatic carbocycles. The fourth-order valence-corrected chi connectivity index (χ4v) is 5.06. The number of aliphatic hydroxyl groups excluding tert-OH is 1. The number of likely N-dealkylation sites (tertiary alicyclic amines) is 1. The minimum absolute atomic E-state index is 0.0123.